The highest BCUT2D eigenvalue weighted by Crippen LogP contribution is 1.98. The quantitative estimate of drug-likeness (QED) is 0.309. The first-order chi connectivity index (χ1) is 3.29. The van der Waals surface area contributed by atoms with E-state index < -0.39 is 0 Å². The first-order valence-electron chi connectivity index (χ1n) is 2.13. The normalized spacial score (nSPS) is 17.9. The van der Waals surface area contributed by atoms with Gasteiger partial charge in [-0.1, -0.05) is 0 Å². The average Bonchev–Trinajstić information content (AvgIpc) is 1.87. The first-order valence-corrected chi connectivity index (χ1v) is 2.13. The Balaban J connectivity index is 2.58. The highest BCUT2D eigenvalue weighted by molar-refractivity contribution is 5.16. The van der Waals surface area contributed by atoms with Gasteiger partial charge in [0.05, 0.1) is 6.20 Å². The van der Waals surface area contributed by atoms with Crippen molar-refractivity contribution in [1.29, 1.82) is 0 Å². The zero-order chi connectivity index (χ0) is 5.28. The van der Waals surface area contributed by atoms with Crippen LogP contribution in [-0.2, 0) is 0 Å². The summed E-state index contributed by atoms with van der Waals surface area (Å²) < 4.78 is 1.75. The van der Waals surface area contributed by atoms with Crippen LogP contribution in [0.3, 0.4) is 0 Å². The molecule has 0 saturated heterocycles. The van der Waals surface area contributed by atoms with Gasteiger partial charge in [-0.15, -0.1) is 0 Å². The summed E-state index contributed by atoms with van der Waals surface area (Å²) in [6, 6.07) is 0. The molecule has 0 N–H and O–H groups in total. The third-order valence-electron chi connectivity index (χ3n) is 0.824. The van der Waals surface area contributed by atoms with Crippen molar-refractivity contribution >= 4 is 6.72 Å². The van der Waals surface area contributed by atoms with E-state index in [1.807, 2.05) is 31.0 Å². The fourth-order valence-corrected chi connectivity index (χ4v) is 0.502. The second kappa shape index (κ2) is 1.30. The minimum absolute atomic E-state index is 1.75. The van der Waals surface area contributed by atoms with Gasteiger partial charge in [-0.25, -0.2) is 0 Å². The molecule has 0 aliphatic carbocycles. The van der Waals surface area contributed by atoms with E-state index in [9.17, 15) is 0 Å². The summed E-state index contributed by atoms with van der Waals surface area (Å²) in [5.74, 6) is 0. The van der Waals surface area contributed by atoms with Crippen LogP contribution in [0.15, 0.2) is 12.4 Å². The molecular weight excluding hydrogens is 88.1 g/mol. The molecule has 1 aliphatic rings. The average molecular weight is 96.1 g/mol. The van der Waals surface area contributed by atoms with E-state index in [4.69, 9.17) is 0 Å². The Morgan fingerprint density at radius 1 is 1.86 bits per heavy atom. The number of rotatable bonds is 0. The van der Waals surface area contributed by atoms with Gasteiger partial charge in [0.2, 0.25) is 0 Å². The molecule has 38 valence electrons. The van der Waals surface area contributed by atoms with Crippen LogP contribution in [-0.4, -0.2) is 23.2 Å². The molecule has 1 rings (SSSR count). The largest absolute Gasteiger partial charge is 0.362 e. The van der Waals surface area contributed by atoms with E-state index in [0.717, 1.165) is 0 Å². The fraction of sp³-hybridized carbons (Fsp3) is 0.200. The summed E-state index contributed by atoms with van der Waals surface area (Å²) in [5, 5.41) is 0. The number of hydrogen-bond donors (Lipinski definition) is 0. The Kier molecular flexibility index (Phi) is 0.785. The molecule has 0 aromatic carbocycles. The van der Waals surface area contributed by atoms with Crippen LogP contribution in [0.5, 0.6) is 0 Å². The number of nitrogens with zero attached hydrogens (tertiary/aromatic N) is 2. The molecule has 0 spiro atoms. The predicted molar refractivity (Wildman–Crippen MR) is 28.6 cm³/mol. The Morgan fingerprint density at radius 2 is 2.57 bits per heavy atom. The van der Waals surface area contributed by atoms with E-state index >= 15 is 0 Å². The molecule has 0 bridgehead atoms. The molecular formula is C5H8N2. The minimum Gasteiger partial charge on any atom is -0.362 e. The van der Waals surface area contributed by atoms with Crippen LogP contribution in [0, 0.1) is 6.67 Å². The summed E-state index contributed by atoms with van der Waals surface area (Å²) in [7, 11) is 1.96. The van der Waals surface area contributed by atoms with Crippen molar-refractivity contribution in [3.8, 4) is 0 Å². The molecule has 0 amide bonds. The third kappa shape index (κ3) is 0.738. The second-order valence-corrected chi connectivity index (χ2v) is 1.59. The maximum atomic E-state index is 3.64. The maximum absolute atomic E-state index is 3.64. The monoisotopic (exact) mass is 96.1 g/mol. The minimum atomic E-state index is 1.75. The Morgan fingerprint density at radius 3 is 2.71 bits per heavy atom. The summed E-state index contributed by atoms with van der Waals surface area (Å²) in [4.78, 5) is 1.94. The predicted octanol–water partition coefficient (Wildman–Crippen LogP) is 0.235. The Hall–Kier alpha value is -0.920. The van der Waals surface area contributed by atoms with Gasteiger partial charge in [0.15, 0.2) is 0 Å². The van der Waals surface area contributed by atoms with Crippen LogP contribution in [0.2, 0.25) is 0 Å². The second-order valence-electron chi connectivity index (χ2n) is 1.59. The third-order valence-corrected chi connectivity index (χ3v) is 0.824. The van der Waals surface area contributed by atoms with E-state index in [1.54, 1.807) is 4.58 Å². The summed E-state index contributed by atoms with van der Waals surface area (Å²) in [5.41, 5.74) is 0. The van der Waals surface area contributed by atoms with Gasteiger partial charge in [-0.2, -0.15) is 0 Å². The SMILES string of the molecule is C=[N+]1C=CN(C)[CH-]1. The van der Waals surface area contributed by atoms with E-state index in [1.165, 1.54) is 0 Å². The van der Waals surface area contributed by atoms with Gasteiger partial charge >= 0.3 is 0 Å². The lowest BCUT2D eigenvalue weighted by Crippen LogP contribution is -2.05. The molecule has 7 heavy (non-hydrogen) atoms. The lowest BCUT2D eigenvalue weighted by atomic mass is 10.9. The molecule has 0 atom stereocenters. The van der Waals surface area contributed by atoms with Gasteiger partial charge < -0.3 is 9.48 Å². The Labute approximate surface area is 43.4 Å². The van der Waals surface area contributed by atoms with Crippen molar-refractivity contribution in [1.82, 2.24) is 4.90 Å². The summed E-state index contributed by atoms with van der Waals surface area (Å²) in [6.45, 7) is 5.53. The van der Waals surface area contributed by atoms with Crippen LogP contribution in [0.25, 0.3) is 0 Å². The van der Waals surface area contributed by atoms with Crippen LogP contribution >= 0.6 is 0 Å². The van der Waals surface area contributed by atoms with Crippen molar-refractivity contribution < 1.29 is 4.58 Å². The van der Waals surface area contributed by atoms with Crippen LogP contribution in [0.4, 0.5) is 0 Å². The van der Waals surface area contributed by atoms with Gasteiger partial charge in [0, 0.05) is 20.0 Å². The van der Waals surface area contributed by atoms with Crippen molar-refractivity contribution in [2.45, 2.75) is 0 Å². The Bertz CT molecular complexity index is 115. The zero-order valence-electron chi connectivity index (χ0n) is 4.33. The molecule has 1 heterocycles. The highest BCUT2D eigenvalue weighted by Gasteiger charge is 1.97. The molecule has 0 fully saturated rings. The van der Waals surface area contributed by atoms with Crippen molar-refractivity contribution in [3.63, 3.8) is 0 Å². The lowest BCUT2D eigenvalue weighted by molar-refractivity contribution is -0.406. The molecule has 0 radical (unpaired) electrons. The smallest absolute Gasteiger partial charge is 0.143 e. The summed E-state index contributed by atoms with van der Waals surface area (Å²) >= 11 is 0. The van der Waals surface area contributed by atoms with Crippen molar-refractivity contribution in [2.75, 3.05) is 7.05 Å². The van der Waals surface area contributed by atoms with Crippen molar-refractivity contribution in [2.24, 2.45) is 0 Å². The first kappa shape index (κ1) is 4.24. The molecule has 0 unspecified atom stereocenters. The number of hydrogen-bond acceptors (Lipinski definition) is 1. The summed E-state index contributed by atoms with van der Waals surface area (Å²) in [6.07, 6.45) is 3.83. The molecule has 0 saturated carbocycles. The fourth-order valence-electron chi connectivity index (χ4n) is 0.502. The highest BCUT2D eigenvalue weighted by atomic mass is 15.3. The lowest BCUT2D eigenvalue weighted by Gasteiger charge is -2.03. The molecule has 0 aromatic heterocycles. The van der Waals surface area contributed by atoms with E-state index in [2.05, 4.69) is 6.72 Å². The molecule has 1 aliphatic heterocycles. The topological polar surface area (TPSA) is 6.25 Å². The van der Waals surface area contributed by atoms with Crippen LogP contribution < -0.4 is 0 Å². The molecule has 2 nitrogen and oxygen atoms in total. The maximum Gasteiger partial charge on any atom is 0.143 e. The van der Waals surface area contributed by atoms with Gasteiger partial charge in [-0.3, -0.25) is 0 Å². The standard InChI is InChI=1S/C5H8N2/c1-6-3-4-7(2)5-6/h3-5H,1H2,2H3. The van der Waals surface area contributed by atoms with Gasteiger partial charge in [-0.05, 0) is 0 Å². The van der Waals surface area contributed by atoms with Crippen LogP contribution in [0.1, 0.15) is 0 Å². The molecule has 2 heteroatoms. The van der Waals surface area contributed by atoms with E-state index in [-0.39, 0.29) is 0 Å². The van der Waals surface area contributed by atoms with E-state index in [0.29, 0.717) is 0 Å². The van der Waals surface area contributed by atoms with Gasteiger partial charge in [0.25, 0.3) is 0 Å². The molecule has 0 aromatic rings. The zero-order valence-corrected chi connectivity index (χ0v) is 4.33. The van der Waals surface area contributed by atoms with Gasteiger partial charge in [0.1, 0.15) is 6.67 Å². The van der Waals surface area contributed by atoms with Crippen molar-refractivity contribution in [3.05, 3.63) is 19.1 Å².